The van der Waals surface area contributed by atoms with Crippen LogP contribution in [0.3, 0.4) is 0 Å². The highest BCUT2D eigenvalue weighted by molar-refractivity contribution is 7.93. The molecule has 0 aliphatic rings. The number of carbonyl (C=O) groups excluding carboxylic acids is 1. The van der Waals surface area contributed by atoms with E-state index in [2.05, 4.69) is 20.2 Å². The van der Waals surface area contributed by atoms with Crippen molar-refractivity contribution in [1.82, 2.24) is 10.2 Å². The fraction of sp³-hybridized carbons (Fsp3) is 0.118. The van der Waals surface area contributed by atoms with Gasteiger partial charge in [0.2, 0.25) is 11.0 Å². The van der Waals surface area contributed by atoms with Gasteiger partial charge in [-0.1, -0.05) is 41.7 Å². The predicted molar refractivity (Wildman–Crippen MR) is 103 cm³/mol. The molecule has 0 aliphatic heterocycles. The first-order valence-electron chi connectivity index (χ1n) is 7.76. The predicted octanol–water partition coefficient (Wildman–Crippen LogP) is 2.97. The Morgan fingerprint density at radius 2 is 1.85 bits per heavy atom. The molecule has 2 N–H and O–H groups in total. The Balaban J connectivity index is 1.87. The molecule has 0 radical (unpaired) electrons. The van der Waals surface area contributed by atoms with Crippen LogP contribution in [0.2, 0.25) is 0 Å². The van der Waals surface area contributed by atoms with Gasteiger partial charge in [0, 0.05) is 12.5 Å². The van der Waals surface area contributed by atoms with E-state index in [4.69, 9.17) is 4.74 Å². The van der Waals surface area contributed by atoms with Crippen molar-refractivity contribution >= 4 is 38.1 Å². The Bertz CT molecular complexity index is 1070. The molecular weight excluding hydrogens is 388 g/mol. The molecule has 3 rings (SSSR count). The van der Waals surface area contributed by atoms with Gasteiger partial charge in [-0.2, -0.15) is 0 Å². The molecule has 1 heterocycles. The molecule has 0 atom stereocenters. The number of rotatable bonds is 6. The molecule has 1 aromatic heterocycles. The lowest BCUT2D eigenvalue weighted by Crippen LogP contribution is -2.14. The molecule has 3 aromatic rings. The number of benzene rings is 2. The lowest BCUT2D eigenvalue weighted by Gasteiger charge is -2.11. The highest BCUT2D eigenvalue weighted by atomic mass is 32.2. The van der Waals surface area contributed by atoms with Crippen molar-refractivity contribution in [3.8, 4) is 16.3 Å². The van der Waals surface area contributed by atoms with Crippen LogP contribution in [0, 0.1) is 0 Å². The Kier molecular flexibility index (Phi) is 5.38. The van der Waals surface area contributed by atoms with E-state index in [0.717, 1.165) is 16.9 Å². The number of amides is 1. The molecule has 1 amide bonds. The van der Waals surface area contributed by atoms with Crippen LogP contribution in [0.4, 0.5) is 10.8 Å². The molecule has 0 unspecified atom stereocenters. The molecule has 8 nitrogen and oxygen atoms in total. The van der Waals surface area contributed by atoms with E-state index >= 15 is 0 Å². The number of nitrogens with one attached hydrogen (secondary N) is 2. The molecule has 2 aromatic carbocycles. The van der Waals surface area contributed by atoms with Crippen LogP contribution in [0.25, 0.3) is 10.6 Å². The standard InChI is InChI=1S/C17H16N4O4S2/c1-11(22)18-14-10-13(8-9-15(14)25-2)27(23,24)21-17-20-19-16(26-17)12-6-4-3-5-7-12/h3-10H,1-2H3,(H,18,22)(H,20,21). The summed E-state index contributed by atoms with van der Waals surface area (Å²) in [6, 6.07) is 13.5. The Labute approximate surface area is 160 Å². The number of hydrogen-bond donors (Lipinski definition) is 2. The minimum Gasteiger partial charge on any atom is -0.495 e. The summed E-state index contributed by atoms with van der Waals surface area (Å²) in [4.78, 5) is 11.3. The van der Waals surface area contributed by atoms with Gasteiger partial charge in [0.05, 0.1) is 17.7 Å². The number of anilines is 2. The Hall–Kier alpha value is -2.98. The number of ether oxygens (including phenoxy) is 1. The molecule has 10 heteroatoms. The molecule has 0 aliphatic carbocycles. The maximum atomic E-state index is 12.7. The minimum atomic E-state index is -3.91. The third-order valence-corrected chi connectivity index (χ3v) is 5.81. The van der Waals surface area contributed by atoms with Crippen LogP contribution in [-0.4, -0.2) is 31.6 Å². The third kappa shape index (κ3) is 4.41. The van der Waals surface area contributed by atoms with Gasteiger partial charge in [0.1, 0.15) is 10.8 Å². The third-order valence-electron chi connectivity index (χ3n) is 3.46. The highest BCUT2D eigenvalue weighted by Crippen LogP contribution is 2.30. The van der Waals surface area contributed by atoms with Crippen molar-refractivity contribution in [2.45, 2.75) is 11.8 Å². The summed E-state index contributed by atoms with van der Waals surface area (Å²) in [6.07, 6.45) is 0. The maximum absolute atomic E-state index is 12.7. The zero-order valence-electron chi connectivity index (χ0n) is 14.5. The average molecular weight is 404 g/mol. The van der Waals surface area contributed by atoms with Gasteiger partial charge in [0.25, 0.3) is 10.0 Å². The van der Waals surface area contributed by atoms with E-state index in [0.29, 0.717) is 10.8 Å². The van der Waals surface area contributed by atoms with Crippen molar-refractivity contribution in [2.75, 3.05) is 17.1 Å². The largest absolute Gasteiger partial charge is 0.495 e. The number of sulfonamides is 1. The van der Waals surface area contributed by atoms with E-state index in [-0.39, 0.29) is 21.6 Å². The van der Waals surface area contributed by atoms with Crippen LogP contribution in [0.1, 0.15) is 6.92 Å². The summed E-state index contributed by atoms with van der Waals surface area (Å²) in [7, 11) is -2.48. The smallest absolute Gasteiger partial charge is 0.263 e. The van der Waals surface area contributed by atoms with Crippen LogP contribution in [-0.2, 0) is 14.8 Å². The first-order chi connectivity index (χ1) is 12.9. The summed E-state index contributed by atoms with van der Waals surface area (Å²) in [5.41, 5.74) is 1.10. The normalized spacial score (nSPS) is 11.0. The summed E-state index contributed by atoms with van der Waals surface area (Å²) >= 11 is 1.12. The van der Waals surface area contributed by atoms with Crippen molar-refractivity contribution in [3.05, 3.63) is 48.5 Å². The Morgan fingerprint density at radius 3 is 2.52 bits per heavy atom. The number of aromatic nitrogens is 2. The minimum absolute atomic E-state index is 0.0384. The van der Waals surface area contributed by atoms with E-state index in [1.807, 2.05) is 30.3 Å². The molecular formula is C17H16N4O4S2. The molecule has 0 fully saturated rings. The second-order valence-electron chi connectivity index (χ2n) is 5.43. The van der Waals surface area contributed by atoms with Gasteiger partial charge < -0.3 is 10.1 Å². The number of hydrogen-bond acceptors (Lipinski definition) is 7. The monoisotopic (exact) mass is 404 g/mol. The Morgan fingerprint density at radius 1 is 1.11 bits per heavy atom. The van der Waals surface area contributed by atoms with Crippen molar-refractivity contribution in [2.24, 2.45) is 0 Å². The summed E-state index contributed by atoms with van der Waals surface area (Å²) in [6.45, 7) is 1.32. The zero-order chi connectivity index (χ0) is 19.4. The van der Waals surface area contributed by atoms with Gasteiger partial charge in [-0.25, -0.2) is 8.42 Å². The van der Waals surface area contributed by atoms with Crippen molar-refractivity contribution < 1.29 is 17.9 Å². The molecule has 0 spiro atoms. The van der Waals surface area contributed by atoms with Crippen LogP contribution >= 0.6 is 11.3 Å². The van der Waals surface area contributed by atoms with Gasteiger partial charge in [0.15, 0.2) is 0 Å². The fourth-order valence-corrected chi connectivity index (χ4v) is 4.28. The van der Waals surface area contributed by atoms with Gasteiger partial charge in [-0.05, 0) is 18.2 Å². The van der Waals surface area contributed by atoms with E-state index in [1.165, 1.54) is 32.2 Å². The van der Waals surface area contributed by atoms with E-state index < -0.39 is 10.0 Å². The topological polar surface area (TPSA) is 110 Å². The molecule has 0 saturated heterocycles. The van der Waals surface area contributed by atoms with Crippen LogP contribution in [0.5, 0.6) is 5.75 Å². The number of nitrogens with zero attached hydrogens (tertiary/aromatic N) is 2. The van der Waals surface area contributed by atoms with E-state index in [1.54, 1.807) is 0 Å². The molecule has 0 saturated carbocycles. The van der Waals surface area contributed by atoms with Gasteiger partial charge in [-0.15, -0.1) is 10.2 Å². The number of carbonyl (C=O) groups is 1. The fourth-order valence-electron chi connectivity index (χ4n) is 2.28. The van der Waals surface area contributed by atoms with Gasteiger partial charge >= 0.3 is 0 Å². The summed E-state index contributed by atoms with van der Waals surface area (Å²) in [5, 5.41) is 11.2. The SMILES string of the molecule is COc1ccc(S(=O)(=O)Nc2nnc(-c3ccccc3)s2)cc1NC(C)=O. The average Bonchev–Trinajstić information content (AvgIpc) is 3.09. The molecule has 0 bridgehead atoms. The zero-order valence-corrected chi connectivity index (χ0v) is 16.1. The van der Waals surface area contributed by atoms with E-state index in [9.17, 15) is 13.2 Å². The van der Waals surface area contributed by atoms with Gasteiger partial charge in [-0.3, -0.25) is 9.52 Å². The molecule has 27 heavy (non-hydrogen) atoms. The second kappa shape index (κ2) is 7.72. The first-order valence-corrected chi connectivity index (χ1v) is 10.1. The second-order valence-corrected chi connectivity index (χ2v) is 8.09. The lowest BCUT2D eigenvalue weighted by molar-refractivity contribution is -0.114. The first kappa shape index (κ1) is 18.8. The highest BCUT2D eigenvalue weighted by Gasteiger charge is 2.19. The lowest BCUT2D eigenvalue weighted by atomic mass is 10.2. The number of methoxy groups -OCH3 is 1. The maximum Gasteiger partial charge on any atom is 0.263 e. The van der Waals surface area contributed by atoms with Crippen LogP contribution in [0.15, 0.2) is 53.4 Å². The van der Waals surface area contributed by atoms with Crippen LogP contribution < -0.4 is 14.8 Å². The summed E-state index contributed by atoms with van der Waals surface area (Å²) in [5.74, 6) is 0.0128. The quantitative estimate of drug-likeness (QED) is 0.653. The van der Waals surface area contributed by atoms with Crippen molar-refractivity contribution in [3.63, 3.8) is 0 Å². The summed E-state index contributed by atoms with van der Waals surface area (Å²) < 4.78 is 32.9. The molecule has 140 valence electrons. The van der Waals surface area contributed by atoms with Crippen molar-refractivity contribution in [1.29, 1.82) is 0 Å².